The second-order valence-electron chi connectivity index (χ2n) is 5.36. The lowest BCUT2D eigenvalue weighted by Crippen LogP contribution is -2.04. The summed E-state index contributed by atoms with van der Waals surface area (Å²) >= 11 is 0. The standard InChI is InChI=1S/C16H18N4O6/c17-13-5-3-11(9-15(13)19(21)22)25-7-1-2-8-26-12-4-6-14(18)16(10-12)20(23)24/h3-6,9-10H,1-2,7-8,17-18H2. The van der Waals surface area contributed by atoms with E-state index in [1.54, 1.807) is 12.1 Å². The van der Waals surface area contributed by atoms with E-state index in [-0.39, 0.29) is 22.7 Å². The fourth-order valence-corrected chi connectivity index (χ4v) is 2.13. The molecule has 0 aromatic heterocycles. The summed E-state index contributed by atoms with van der Waals surface area (Å²) in [5, 5.41) is 21.6. The third kappa shape index (κ3) is 4.97. The Bertz CT molecular complexity index is 744. The summed E-state index contributed by atoms with van der Waals surface area (Å²) in [5.74, 6) is 0.724. The quantitative estimate of drug-likeness (QED) is 0.298. The van der Waals surface area contributed by atoms with Gasteiger partial charge in [0.25, 0.3) is 11.4 Å². The Morgan fingerprint density at radius 1 is 0.769 bits per heavy atom. The number of nitrogen functional groups attached to an aromatic ring is 2. The predicted molar refractivity (Wildman–Crippen MR) is 95.2 cm³/mol. The number of nitro groups is 2. The molecule has 0 spiro atoms. The van der Waals surface area contributed by atoms with Gasteiger partial charge in [-0.05, 0) is 37.1 Å². The second kappa shape index (κ2) is 8.51. The maximum Gasteiger partial charge on any atom is 0.295 e. The zero-order valence-electron chi connectivity index (χ0n) is 13.8. The minimum absolute atomic E-state index is 0.0772. The molecule has 0 aliphatic rings. The molecule has 0 bridgehead atoms. The van der Waals surface area contributed by atoms with Gasteiger partial charge in [-0.15, -0.1) is 0 Å². The number of rotatable bonds is 9. The van der Waals surface area contributed by atoms with Gasteiger partial charge < -0.3 is 20.9 Å². The monoisotopic (exact) mass is 362 g/mol. The average Bonchev–Trinajstić information content (AvgIpc) is 2.60. The average molecular weight is 362 g/mol. The Morgan fingerprint density at radius 3 is 1.50 bits per heavy atom. The molecule has 2 aromatic rings. The Kier molecular flexibility index (Phi) is 6.15. The van der Waals surface area contributed by atoms with E-state index in [0.717, 1.165) is 0 Å². The van der Waals surface area contributed by atoms with Crippen LogP contribution in [0.2, 0.25) is 0 Å². The summed E-state index contributed by atoms with van der Waals surface area (Å²) in [6.45, 7) is 0.679. The number of nitrogens with zero attached hydrogens (tertiary/aromatic N) is 2. The molecule has 0 radical (unpaired) electrons. The fraction of sp³-hybridized carbons (Fsp3) is 0.250. The highest BCUT2D eigenvalue weighted by Crippen LogP contribution is 2.27. The third-order valence-corrected chi connectivity index (χ3v) is 3.47. The van der Waals surface area contributed by atoms with Gasteiger partial charge in [0.2, 0.25) is 0 Å². The molecule has 0 fully saturated rings. The van der Waals surface area contributed by atoms with Gasteiger partial charge in [0.1, 0.15) is 22.9 Å². The zero-order chi connectivity index (χ0) is 19.1. The number of nitro benzene ring substituents is 2. The summed E-state index contributed by atoms with van der Waals surface area (Å²) in [4.78, 5) is 20.5. The molecule has 0 amide bonds. The minimum Gasteiger partial charge on any atom is -0.493 e. The van der Waals surface area contributed by atoms with E-state index in [9.17, 15) is 20.2 Å². The molecule has 0 saturated heterocycles. The van der Waals surface area contributed by atoms with Crippen molar-refractivity contribution in [3.8, 4) is 11.5 Å². The van der Waals surface area contributed by atoms with Crippen LogP contribution in [0.25, 0.3) is 0 Å². The van der Waals surface area contributed by atoms with E-state index < -0.39 is 9.85 Å². The van der Waals surface area contributed by atoms with Crippen LogP contribution in [0.3, 0.4) is 0 Å². The van der Waals surface area contributed by atoms with Crippen LogP contribution in [0.4, 0.5) is 22.7 Å². The van der Waals surface area contributed by atoms with Crippen molar-refractivity contribution in [1.29, 1.82) is 0 Å². The van der Waals surface area contributed by atoms with Gasteiger partial charge in [0.15, 0.2) is 0 Å². The molecule has 4 N–H and O–H groups in total. The highest BCUT2D eigenvalue weighted by atomic mass is 16.6. The lowest BCUT2D eigenvalue weighted by atomic mass is 10.2. The van der Waals surface area contributed by atoms with Crippen molar-refractivity contribution in [1.82, 2.24) is 0 Å². The van der Waals surface area contributed by atoms with Gasteiger partial charge in [0.05, 0.1) is 35.2 Å². The molecule has 0 unspecified atom stereocenters. The van der Waals surface area contributed by atoms with Gasteiger partial charge in [-0.2, -0.15) is 0 Å². The summed E-state index contributed by atoms with van der Waals surface area (Å²) in [6.07, 6.45) is 1.27. The van der Waals surface area contributed by atoms with E-state index in [1.807, 2.05) is 0 Å². The minimum atomic E-state index is -0.568. The Hall–Kier alpha value is -3.56. The Labute approximate surface area is 148 Å². The van der Waals surface area contributed by atoms with Crippen LogP contribution < -0.4 is 20.9 Å². The Morgan fingerprint density at radius 2 is 1.15 bits per heavy atom. The van der Waals surface area contributed by atoms with Gasteiger partial charge >= 0.3 is 0 Å². The van der Waals surface area contributed by atoms with Crippen LogP contribution in [0, 0.1) is 20.2 Å². The number of ether oxygens (including phenoxy) is 2. The number of anilines is 2. The summed E-state index contributed by atoms with van der Waals surface area (Å²) < 4.78 is 10.9. The predicted octanol–water partition coefficient (Wildman–Crippen LogP) is 2.91. The van der Waals surface area contributed by atoms with Crippen molar-refractivity contribution in [2.24, 2.45) is 0 Å². The van der Waals surface area contributed by atoms with Crippen LogP contribution in [0.5, 0.6) is 11.5 Å². The van der Waals surface area contributed by atoms with Gasteiger partial charge in [-0.3, -0.25) is 20.2 Å². The molecular weight excluding hydrogens is 344 g/mol. The van der Waals surface area contributed by atoms with Crippen LogP contribution in [0.1, 0.15) is 12.8 Å². The molecular formula is C16H18N4O6. The maximum atomic E-state index is 10.8. The number of hydrogen-bond donors (Lipinski definition) is 2. The highest BCUT2D eigenvalue weighted by molar-refractivity contribution is 5.61. The SMILES string of the molecule is Nc1ccc(OCCCCOc2ccc(N)c([N+](=O)[O-])c2)cc1[N+](=O)[O-]. The Balaban J connectivity index is 1.75. The van der Waals surface area contributed by atoms with Gasteiger partial charge in [-0.1, -0.05) is 0 Å². The number of hydrogen-bond acceptors (Lipinski definition) is 8. The van der Waals surface area contributed by atoms with Gasteiger partial charge in [-0.25, -0.2) is 0 Å². The first-order chi connectivity index (χ1) is 12.4. The fourth-order valence-electron chi connectivity index (χ4n) is 2.13. The van der Waals surface area contributed by atoms with E-state index in [4.69, 9.17) is 20.9 Å². The first-order valence-electron chi connectivity index (χ1n) is 7.72. The third-order valence-electron chi connectivity index (χ3n) is 3.47. The largest absolute Gasteiger partial charge is 0.493 e. The molecule has 0 atom stereocenters. The van der Waals surface area contributed by atoms with E-state index in [0.29, 0.717) is 37.6 Å². The molecule has 2 rings (SSSR count). The lowest BCUT2D eigenvalue weighted by molar-refractivity contribution is -0.384. The molecule has 10 heteroatoms. The first-order valence-corrected chi connectivity index (χ1v) is 7.72. The van der Waals surface area contributed by atoms with E-state index >= 15 is 0 Å². The van der Waals surface area contributed by atoms with Crippen molar-refractivity contribution in [2.75, 3.05) is 24.7 Å². The molecule has 0 saturated carbocycles. The molecule has 0 aliphatic carbocycles. The molecule has 26 heavy (non-hydrogen) atoms. The molecule has 0 aliphatic heterocycles. The molecule has 10 nitrogen and oxygen atoms in total. The second-order valence-corrected chi connectivity index (χ2v) is 5.36. The summed E-state index contributed by atoms with van der Waals surface area (Å²) in [5.41, 5.74) is 10.8. The number of unbranched alkanes of at least 4 members (excludes halogenated alkanes) is 1. The van der Waals surface area contributed by atoms with Crippen molar-refractivity contribution in [3.05, 3.63) is 56.6 Å². The first kappa shape index (κ1) is 18.8. The topological polar surface area (TPSA) is 157 Å². The van der Waals surface area contributed by atoms with Crippen molar-refractivity contribution >= 4 is 22.7 Å². The molecule has 138 valence electrons. The summed E-state index contributed by atoms with van der Waals surface area (Å²) in [6, 6.07) is 8.52. The molecule has 0 heterocycles. The van der Waals surface area contributed by atoms with E-state index in [1.165, 1.54) is 24.3 Å². The van der Waals surface area contributed by atoms with E-state index in [2.05, 4.69) is 0 Å². The lowest BCUT2D eigenvalue weighted by Gasteiger charge is -2.08. The molecule has 2 aromatic carbocycles. The van der Waals surface area contributed by atoms with Crippen molar-refractivity contribution in [3.63, 3.8) is 0 Å². The number of benzene rings is 2. The smallest absolute Gasteiger partial charge is 0.295 e. The zero-order valence-corrected chi connectivity index (χ0v) is 13.8. The van der Waals surface area contributed by atoms with Gasteiger partial charge in [0, 0.05) is 0 Å². The maximum absolute atomic E-state index is 10.8. The van der Waals surface area contributed by atoms with Crippen LogP contribution in [-0.4, -0.2) is 23.1 Å². The van der Waals surface area contributed by atoms with Crippen LogP contribution in [-0.2, 0) is 0 Å². The summed E-state index contributed by atoms with van der Waals surface area (Å²) in [7, 11) is 0. The van der Waals surface area contributed by atoms with Crippen LogP contribution >= 0.6 is 0 Å². The van der Waals surface area contributed by atoms with Crippen LogP contribution in [0.15, 0.2) is 36.4 Å². The number of nitrogens with two attached hydrogens (primary N) is 2. The highest BCUT2D eigenvalue weighted by Gasteiger charge is 2.13. The normalized spacial score (nSPS) is 10.3. The van der Waals surface area contributed by atoms with Crippen molar-refractivity contribution < 1.29 is 19.3 Å². The van der Waals surface area contributed by atoms with Crippen molar-refractivity contribution in [2.45, 2.75) is 12.8 Å².